The van der Waals surface area contributed by atoms with Crippen molar-refractivity contribution in [1.29, 1.82) is 0 Å². The fourth-order valence-corrected chi connectivity index (χ4v) is 6.14. The van der Waals surface area contributed by atoms with Crippen LogP contribution in [0.5, 0.6) is 5.75 Å². The van der Waals surface area contributed by atoms with Crippen LogP contribution >= 0.6 is 0 Å². The van der Waals surface area contributed by atoms with Crippen molar-refractivity contribution < 1.29 is 14.9 Å². The molecule has 0 radical (unpaired) electrons. The summed E-state index contributed by atoms with van der Waals surface area (Å²) >= 11 is 0. The SMILES string of the molecule is C=CCN1CC[C@]23c4c5ccc(C)c4O[C@H]2[C@@H](O)CC[C@@]3(O)C1C5. The lowest BCUT2D eigenvalue weighted by molar-refractivity contribution is -0.206. The molecule has 24 heavy (non-hydrogen) atoms. The van der Waals surface area contributed by atoms with E-state index < -0.39 is 17.1 Å². The molecule has 2 aliphatic heterocycles. The number of benzene rings is 1. The van der Waals surface area contributed by atoms with Gasteiger partial charge < -0.3 is 14.9 Å². The van der Waals surface area contributed by atoms with Gasteiger partial charge in [-0.1, -0.05) is 18.2 Å². The zero-order valence-corrected chi connectivity index (χ0v) is 14.2. The molecule has 2 bridgehead atoms. The topological polar surface area (TPSA) is 52.9 Å². The van der Waals surface area contributed by atoms with E-state index in [1.807, 2.05) is 6.08 Å². The molecular formula is C20H25NO3. The fourth-order valence-electron chi connectivity index (χ4n) is 6.14. The molecule has 5 atom stereocenters. The number of hydrogen-bond donors (Lipinski definition) is 2. The Kier molecular flexibility index (Phi) is 2.88. The zero-order valence-electron chi connectivity index (χ0n) is 14.2. The van der Waals surface area contributed by atoms with Crippen molar-refractivity contribution in [2.24, 2.45) is 0 Å². The quantitative estimate of drug-likeness (QED) is 0.812. The number of rotatable bonds is 2. The van der Waals surface area contributed by atoms with Crippen molar-refractivity contribution in [3.05, 3.63) is 41.5 Å². The van der Waals surface area contributed by atoms with E-state index in [1.54, 1.807) is 0 Å². The van der Waals surface area contributed by atoms with Crippen LogP contribution < -0.4 is 4.74 Å². The van der Waals surface area contributed by atoms with E-state index in [0.717, 1.165) is 37.2 Å². The predicted molar refractivity (Wildman–Crippen MR) is 91.3 cm³/mol. The third kappa shape index (κ3) is 1.47. The van der Waals surface area contributed by atoms with Gasteiger partial charge in [0.25, 0.3) is 0 Å². The van der Waals surface area contributed by atoms with Gasteiger partial charge in [0.05, 0.1) is 17.1 Å². The van der Waals surface area contributed by atoms with Crippen LogP contribution in [0.15, 0.2) is 24.8 Å². The number of aliphatic hydroxyl groups excluding tert-OH is 1. The molecule has 0 aromatic heterocycles. The van der Waals surface area contributed by atoms with Gasteiger partial charge in [0, 0.05) is 18.2 Å². The highest BCUT2D eigenvalue weighted by atomic mass is 16.5. The number of hydrogen-bond acceptors (Lipinski definition) is 4. The number of piperidine rings is 1. The maximum Gasteiger partial charge on any atom is 0.137 e. The predicted octanol–water partition coefficient (Wildman–Crippen LogP) is 1.70. The van der Waals surface area contributed by atoms with E-state index in [9.17, 15) is 10.2 Å². The zero-order chi connectivity index (χ0) is 16.7. The first-order chi connectivity index (χ1) is 11.5. The summed E-state index contributed by atoms with van der Waals surface area (Å²) in [6.45, 7) is 7.67. The second-order valence-corrected chi connectivity index (χ2v) is 8.04. The Morgan fingerprint density at radius 1 is 1.42 bits per heavy atom. The molecule has 1 aromatic rings. The van der Waals surface area contributed by atoms with E-state index >= 15 is 0 Å². The van der Waals surface area contributed by atoms with E-state index in [-0.39, 0.29) is 12.1 Å². The minimum absolute atomic E-state index is 0.0732. The minimum Gasteiger partial charge on any atom is -0.486 e. The van der Waals surface area contributed by atoms with Crippen molar-refractivity contribution in [3.8, 4) is 5.75 Å². The Labute approximate surface area is 142 Å². The second-order valence-electron chi connectivity index (χ2n) is 8.04. The first kappa shape index (κ1) is 14.9. The van der Waals surface area contributed by atoms with E-state index in [0.29, 0.717) is 12.8 Å². The Morgan fingerprint density at radius 2 is 2.25 bits per heavy atom. The molecule has 2 N–H and O–H groups in total. The summed E-state index contributed by atoms with van der Waals surface area (Å²) in [6, 6.07) is 4.39. The van der Waals surface area contributed by atoms with Crippen molar-refractivity contribution in [2.75, 3.05) is 13.1 Å². The van der Waals surface area contributed by atoms with Crippen LogP contribution in [0, 0.1) is 6.92 Å². The number of aliphatic hydroxyl groups is 2. The molecule has 1 unspecified atom stereocenters. The lowest BCUT2D eigenvalue weighted by Gasteiger charge is -2.63. The van der Waals surface area contributed by atoms with E-state index in [4.69, 9.17) is 4.74 Å². The summed E-state index contributed by atoms with van der Waals surface area (Å²) < 4.78 is 6.33. The van der Waals surface area contributed by atoms with Gasteiger partial charge in [0.2, 0.25) is 0 Å². The van der Waals surface area contributed by atoms with Crippen LogP contribution in [0.1, 0.15) is 36.0 Å². The van der Waals surface area contributed by atoms with Crippen molar-refractivity contribution in [2.45, 2.75) is 61.9 Å². The molecule has 2 aliphatic carbocycles. The molecule has 2 heterocycles. The lowest BCUT2D eigenvalue weighted by Crippen LogP contribution is -2.77. The standard InChI is InChI=1S/C20H25NO3/c1-3-9-21-10-8-19-16-13-5-4-12(2)17(16)24-18(19)14(22)6-7-20(19,23)15(21)11-13/h3-5,14-15,18,22-23H,1,6-11H2,2H3/t14-,15?,18-,19-,20+/m0/s1. The van der Waals surface area contributed by atoms with Crippen LogP contribution in [0.4, 0.5) is 0 Å². The Bertz CT molecular complexity index is 732. The molecule has 1 saturated carbocycles. The smallest absolute Gasteiger partial charge is 0.137 e. The van der Waals surface area contributed by atoms with Gasteiger partial charge in [-0.05, 0) is 50.3 Å². The summed E-state index contributed by atoms with van der Waals surface area (Å²) in [4.78, 5) is 2.37. The molecule has 1 saturated heterocycles. The third-order valence-electron chi connectivity index (χ3n) is 7.12. The Balaban J connectivity index is 1.78. The van der Waals surface area contributed by atoms with Gasteiger partial charge in [-0.25, -0.2) is 0 Å². The number of ether oxygens (including phenoxy) is 1. The Morgan fingerprint density at radius 3 is 3.04 bits per heavy atom. The molecule has 4 heteroatoms. The number of aryl methyl sites for hydroxylation is 1. The molecule has 4 aliphatic rings. The molecule has 4 nitrogen and oxygen atoms in total. The maximum atomic E-state index is 12.0. The van der Waals surface area contributed by atoms with Crippen LogP contribution in [0.2, 0.25) is 0 Å². The molecule has 2 fully saturated rings. The summed E-state index contributed by atoms with van der Waals surface area (Å²) in [5, 5.41) is 22.7. The first-order valence-electron chi connectivity index (χ1n) is 9.08. The molecule has 5 rings (SSSR count). The van der Waals surface area contributed by atoms with Crippen LogP contribution in [-0.4, -0.2) is 52.1 Å². The highest BCUT2D eigenvalue weighted by Gasteiger charge is 2.72. The van der Waals surface area contributed by atoms with Gasteiger partial charge in [0.15, 0.2) is 0 Å². The summed E-state index contributed by atoms with van der Waals surface area (Å²) in [5.74, 6) is 0.924. The molecule has 128 valence electrons. The number of likely N-dealkylation sites (tertiary alicyclic amines) is 1. The third-order valence-corrected chi connectivity index (χ3v) is 7.12. The van der Waals surface area contributed by atoms with E-state index in [1.165, 1.54) is 11.1 Å². The van der Waals surface area contributed by atoms with Crippen LogP contribution in [0.25, 0.3) is 0 Å². The summed E-state index contributed by atoms with van der Waals surface area (Å²) in [5.41, 5.74) is 2.31. The summed E-state index contributed by atoms with van der Waals surface area (Å²) in [7, 11) is 0. The number of nitrogens with zero attached hydrogens (tertiary/aromatic N) is 1. The van der Waals surface area contributed by atoms with Gasteiger partial charge in [0.1, 0.15) is 11.9 Å². The highest BCUT2D eigenvalue weighted by Crippen LogP contribution is 2.64. The molecule has 1 spiro atoms. The maximum absolute atomic E-state index is 12.0. The van der Waals surface area contributed by atoms with Crippen molar-refractivity contribution in [3.63, 3.8) is 0 Å². The van der Waals surface area contributed by atoms with Gasteiger partial charge >= 0.3 is 0 Å². The normalized spacial score (nSPS) is 42.4. The lowest BCUT2D eigenvalue weighted by atomic mass is 9.48. The van der Waals surface area contributed by atoms with E-state index in [2.05, 4.69) is 30.5 Å². The second kappa shape index (κ2) is 4.63. The molecule has 1 aromatic carbocycles. The monoisotopic (exact) mass is 327 g/mol. The average molecular weight is 327 g/mol. The van der Waals surface area contributed by atoms with Gasteiger partial charge in [-0.2, -0.15) is 0 Å². The molecular weight excluding hydrogens is 302 g/mol. The average Bonchev–Trinajstić information content (AvgIpc) is 2.91. The highest BCUT2D eigenvalue weighted by molar-refractivity contribution is 5.60. The van der Waals surface area contributed by atoms with Gasteiger partial charge in [-0.15, -0.1) is 6.58 Å². The van der Waals surface area contributed by atoms with Crippen molar-refractivity contribution >= 4 is 0 Å². The largest absolute Gasteiger partial charge is 0.486 e. The Hall–Kier alpha value is -1.36. The fraction of sp³-hybridized carbons (Fsp3) is 0.600. The van der Waals surface area contributed by atoms with Crippen LogP contribution in [0.3, 0.4) is 0 Å². The summed E-state index contributed by atoms with van der Waals surface area (Å²) in [6.07, 6.45) is 4.02. The minimum atomic E-state index is -0.829. The van der Waals surface area contributed by atoms with Gasteiger partial charge in [-0.3, -0.25) is 4.90 Å². The first-order valence-corrected chi connectivity index (χ1v) is 9.08. The van der Waals surface area contributed by atoms with Crippen molar-refractivity contribution in [1.82, 2.24) is 4.90 Å². The molecule has 0 amide bonds. The van der Waals surface area contributed by atoms with Crippen LogP contribution in [-0.2, 0) is 11.8 Å².